The molecule has 3 nitrogen and oxygen atoms in total. The summed E-state index contributed by atoms with van der Waals surface area (Å²) in [5.74, 6) is -1.64. The number of nitrogens with zero attached hydrogens (tertiary/aromatic N) is 1. The largest absolute Gasteiger partial charge is 0.337 e. The molecule has 5 heteroatoms. The number of carbonyl (C=O) groups is 1. The van der Waals surface area contributed by atoms with Gasteiger partial charge >= 0.3 is 0 Å². The molecule has 0 bridgehead atoms. The standard InChI is InChI=1S/C16H20F2N2O/c1-9-10(2)20(7-6-19-9)16(21)12-8-11(12)15-13(17)4-3-5-14(15)18/h3-5,9-12,19H,6-8H2,1-2H3. The summed E-state index contributed by atoms with van der Waals surface area (Å²) in [4.78, 5) is 14.4. The third-order valence-electron chi connectivity index (χ3n) is 4.80. The average molecular weight is 294 g/mol. The van der Waals surface area contributed by atoms with Crippen LogP contribution in [0.25, 0.3) is 0 Å². The Morgan fingerprint density at radius 2 is 1.95 bits per heavy atom. The Kier molecular flexibility index (Phi) is 3.69. The van der Waals surface area contributed by atoms with Crippen LogP contribution < -0.4 is 5.32 Å². The molecule has 3 rings (SSSR count). The third-order valence-corrected chi connectivity index (χ3v) is 4.80. The summed E-state index contributed by atoms with van der Waals surface area (Å²) in [5.41, 5.74) is 0.0756. The quantitative estimate of drug-likeness (QED) is 0.907. The maximum atomic E-state index is 13.8. The highest BCUT2D eigenvalue weighted by atomic mass is 19.1. The normalized spacial score (nSPS) is 32.1. The van der Waals surface area contributed by atoms with Gasteiger partial charge in [0.25, 0.3) is 0 Å². The molecule has 1 aliphatic carbocycles. The second-order valence-electron chi connectivity index (χ2n) is 6.10. The maximum Gasteiger partial charge on any atom is 0.226 e. The zero-order valence-electron chi connectivity index (χ0n) is 12.3. The van der Waals surface area contributed by atoms with E-state index in [1.54, 1.807) is 0 Å². The SMILES string of the molecule is CC1NCCN(C(=O)C2CC2c2c(F)cccc2F)C1C. The molecular formula is C16H20F2N2O. The molecular weight excluding hydrogens is 274 g/mol. The lowest BCUT2D eigenvalue weighted by Crippen LogP contribution is -2.57. The molecule has 0 spiro atoms. The van der Waals surface area contributed by atoms with E-state index in [2.05, 4.69) is 5.32 Å². The van der Waals surface area contributed by atoms with Crippen LogP contribution in [0.1, 0.15) is 31.7 Å². The van der Waals surface area contributed by atoms with Crippen LogP contribution in [0.4, 0.5) is 8.78 Å². The van der Waals surface area contributed by atoms with Gasteiger partial charge in [0.2, 0.25) is 5.91 Å². The van der Waals surface area contributed by atoms with E-state index in [1.165, 1.54) is 18.2 Å². The van der Waals surface area contributed by atoms with Crippen molar-refractivity contribution in [3.8, 4) is 0 Å². The van der Waals surface area contributed by atoms with Gasteiger partial charge in [-0.1, -0.05) is 6.07 Å². The number of hydrogen-bond donors (Lipinski definition) is 1. The van der Waals surface area contributed by atoms with Crippen molar-refractivity contribution < 1.29 is 13.6 Å². The Morgan fingerprint density at radius 1 is 1.29 bits per heavy atom. The maximum absolute atomic E-state index is 13.8. The second-order valence-corrected chi connectivity index (χ2v) is 6.10. The lowest BCUT2D eigenvalue weighted by molar-refractivity contribution is -0.136. The molecule has 1 amide bonds. The smallest absolute Gasteiger partial charge is 0.226 e. The highest BCUT2D eigenvalue weighted by Crippen LogP contribution is 2.50. The molecule has 1 saturated heterocycles. The van der Waals surface area contributed by atoms with E-state index >= 15 is 0 Å². The first-order valence-electron chi connectivity index (χ1n) is 7.48. The number of amides is 1. The minimum absolute atomic E-state index is 0.0310. The molecule has 1 heterocycles. The third kappa shape index (κ3) is 2.55. The molecule has 1 saturated carbocycles. The highest BCUT2D eigenvalue weighted by Gasteiger charge is 2.49. The summed E-state index contributed by atoms with van der Waals surface area (Å²) in [7, 11) is 0. The first-order valence-corrected chi connectivity index (χ1v) is 7.48. The van der Waals surface area contributed by atoms with Crippen molar-refractivity contribution in [2.45, 2.75) is 38.3 Å². The second kappa shape index (κ2) is 5.37. The summed E-state index contributed by atoms with van der Waals surface area (Å²) in [5, 5.41) is 3.32. The highest BCUT2D eigenvalue weighted by molar-refractivity contribution is 5.83. The number of rotatable bonds is 2. The van der Waals surface area contributed by atoms with Gasteiger partial charge in [-0.05, 0) is 32.4 Å². The van der Waals surface area contributed by atoms with Crippen molar-refractivity contribution in [2.75, 3.05) is 13.1 Å². The lowest BCUT2D eigenvalue weighted by Gasteiger charge is -2.38. The Labute approximate surface area is 123 Å². The number of nitrogens with one attached hydrogen (secondary N) is 1. The molecule has 1 aromatic rings. The first kappa shape index (κ1) is 14.4. The van der Waals surface area contributed by atoms with Gasteiger partial charge in [0.05, 0.1) is 0 Å². The van der Waals surface area contributed by atoms with Crippen LogP contribution in [0.5, 0.6) is 0 Å². The molecule has 114 valence electrons. The van der Waals surface area contributed by atoms with E-state index in [0.717, 1.165) is 6.54 Å². The summed E-state index contributed by atoms with van der Waals surface area (Å²) < 4.78 is 27.6. The molecule has 4 unspecified atom stereocenters. The van der Waals surface area contributed by atoms with Gasteiger partial charge in [-0.2, -0.15) is 0 Å². The fourth-order valence-corrected chi connectivity index (χ4v) is 3.23. The molecule has 1 aromatic carbocycles. The van der Waals surface area contributed by atoms with Crippen LogP contribution >= 0.6 is 0 Å². The van der Waals surface area contributed by atoms with E-state index in [-0.39, 0.29) is 35.4 Å². The number of piperazine rings is 1. The molecule has 2 aliphatic rings. The van der Waals surface area contributed by atoms with Crippen molar-refractivity contribution in [3.05, 3.63) is 35.4 Å². The van der Waals surface area contributed by atoms with Crippen LogP contribution in [0.3, 0.4) is 0 Å². The van der Waals surface area contributed by atoms with Gasteiger partial charge in [-0.15, -0.1) is 0 Å². The summed E-state index contributed by atoms with van der Waals surface area (Å²) >= 11 is 0. The fourth-order valence-electron chi connectivity index (χ4n) is 3.23. The van der Waals surface area contributed by atoms with E-state index < -0.39 is 11.6 Å². The van der Waals surface area contributed by atoms with Gasteiger partial charge in [-0.3, -0.25) is 4.79 Å². The van der Waals surface area contributed by atoms with Gasteiger partial charge in [0.15, 0.2) is 0 Å². The molecule has 1 N–H and O–H groups in total. The van der Waals surface area contributed by atoms with Crippen molar-refractivity contribution in [1.82, 2.24) is 10.2 Å². The Morgan fingerprint density at radius 3 is 2.62 bits per heavy atom. The van der Waals surface area contributed by atoms with E-state index in [9.17, 15) is 13.6 Å². The summed E-state index contributed by atoms with van der Waals surface area (Å²) in [6, 6.07) is 4.22. The van der Waals surface area contributed by atoms with Crippen molar-refractivity contribution >= 4 is 5.91 Å². The molecule has 4 atom stereocenters. The fraction of sp³-hybridized carbons (Fsp3) is 0.562. The van der Waals surface area contributed by atoms with Gasteiger partial charge < -0.3 is 10.2 Å². The number of benzene rings is 1. The van der Waals surface area contributed by atoms with E-state index in [1.807, 2.05) is 18.7 Å². The molecule has 1 aliphatic heterocycles. The Hall–Kier alpha value is -1.49. The Bertz CT molecular complexity index is 543. The molecule has 2 fully saturated rings. The van der Waals surface area contributed by atoms with Crippen LogP contribution in [0.15, 0.2) is 18.2 Å². The van der Waals surface area contributed by atoms with Crippen LogP contribution in [0.2, 0.25) is 0 Å². The Balaban J connectivity index is 1.74. The van der Waals surface area contributed by atoms with Gasteiger partial charge in [-0.25, -0.2) is 8.78 Å². The topological polar surface area (TPSA) is 32.3 Å². The van der Waals surface area contributed by atoms with Crippen molar-refractivity contribution in [2.24, 2.45) is 5.92 Å². The van der Waals surface area contributed by atoms with E-state index in [4.69, 9.17) is 0 Å². The molecule has 0 aromatic heterocycles. The van der Waals surface area contributed by atoms with Crippen LogP contribution in [-0.4, -0.2) is 36.0 Å². The van der Waals surface area contributed by atoms with E-state index in [0.29, 0.717) is 13.0 Å². The summed E-state index contributed by atoms with van der Waals surface area (Å²) in [6.07, 6.45) is 0.543. The number of carbonyl (C=O) groups excluding carboxylic acids is 1. The average Bonchev–Trinajstić information content (AvgIpc) is 3.21. The zero-order valence-corrected chi connectivity index (χ0v) is 12.3. The minimum atomic E-state index is -0.544. The lowest BCUT2D eigenvalue weighted by atomic mass is 10.0. The zero-order chi connectivity index (χ0) is 15.1. The first-order chi connectivity index (χ1) is 10.0. The van der Waals surface area contributed by atoms with Crippen LogP contribution in [0, 0.1) is 17.6 Å². The van der Waals surface area contributed by atoms with Gasteiger partial charge in [0, 0.05) is 42.6 Å². The monoisotopic (exact) mass is 294 g/mol. The van der Waals surface area contributed by atoms with Gasteiger partial charge in [0.1, 0.15) is 11.6 Å². The number of hydrogen-bond acceptors (Lipinski definition) is 2. The van der Waals surface area contributed by atoms with Crippen molar-refractivity contribution in [3.63, 3.8) is 0 Å². The number of halogens is 2. The molecule has 0 radical (unpaired) electrons. The van der Waals surface area contributed by atoms with Crippen LogP contribution in [-0.2, 0) is 4.79 Å². The predicted octanol–water partition coefficient (Wildman–Crippen LogP) is 2.28. The van der Waals surface area contributed by atoms with Crippen molar-refractivity contribution in [1.29, 1.82) is 0 Å². The summed E-state index contributed by atoms with van der Waals surface area (Å²) in [6.45, 7) is 5.48. The molecule has 21 heavy (non-hydrogen) atoms. The minimum Gasteiger partial charge on any atom is -0.337 e. The predicted molar refractivity (Wildman–Crippen MR) is 75.8 cm³/mol.